The van der Waals surface area contributed by atoms with Crippen LogP contribution < -0.4 is 4.74 Å². The number of benzene rings is 2. The van der Waals surface area contributed by atoms with Crippen molar-refractivity contribution in [3.05, 3.63) is 69.8 Å². The lowest BCUT2D eigenvalue weighted by molar-refractivity contribution is -0.384. The fraction of sp³-hybridized carbons (Fsp3) is 0.300. The Morgan fingerprint density at radius 1 is 1.20 bits per heavy atom. The van der Waals surface area contributed by atoms with Gasteiger partial charge in [-0.1, -0.05) is 24.0 Å². The Hall–Kier alpha value is -2.84. The van der Waals surface area contributed by atoms with Gasteiger partial charge >= 0.3 is 0 Å². The number of rotatable bonds is 4. The number of methoxy groups -OCH3 is 1. The first kappa shape index (κ1) is 17.0. The molecule has 25 heavy (non-hydrogen) atoms. The number of likely N-dealkylation sites (tertiary alicyclic amines) is 1. The van der Waals surface area contributed by atoms with Gasteiger partial charge in [-0.3, -0.25) is 15.0 Å². The summed E-state index contributed by atoms with van der Waals surface area (Å²) in [6.45, 7) is 1.76. The zero-order valence-corrected chi connectivity index (χ0v) is 14.1. The Morgan fingerprint density at radius 2 is 1.92 bits per heavy atom. The van der Waals surface area contributed by atoms with Crippen LogP contribution in [0.3, 0.4) is 0 Å². The number of hydrogen-bond acceptors (Lipinski definition) is 4. The number of hydrogen-bond donors (Lipinski definition) is 0. The Bertz CT molecular complexity index is 788. The van der Waals surface area contributed by atoms with E-state index in [0.29, 0.717) is 0 Å². The second kappa shape index (κ2) is 7.82. The van der Waals surface area contributed by atoms with Gasteiger partial charge in [0.05, 0.1) is 18.1 Å². The maximum atomic E-state index is 10.7. The summed E-state index contributed by atoms with van der Waals surface area (Å²) < 4.78 is 5.16. The molecule has 0 bridgehead atoms. The average Bonchev–Trinajstić information content (AvgIpc) is 3.08. The summed E-state index contributed by atoms with van der Waals surface area (Å²) in [5.74, 6) is 7.43. The van der Waals surface area contributed by atoms with Crippen LogP contribution in [-0.2, 0) is 6.54 Å². The zero-order chi connectivity index (χ0) is 17.6. The third kappa shape index (κ3) is 4.37. The van der Waals surface area contributed by atoms with Gasteiger partial charge in [0.2, 0.25) is 0 Å². The third-order valence-electron chi connectivity index (χ3n) is 4.37. The first-order valence-electron chi connectivity index (χ1n) is 8.28. The number of nitro groups is 1. The van der Waals surface area contributed by atoms with Gasteiger partial charge in [-0.25, -0.2) is 0 Å². The Balaban J connectivity index is 1.66. The van der Waals surface area contributed by atoms with Gasteiger partial charge in [0.1, 0.15) is 5.75 Å². The lowest BCUT2D eigenvalue weighted by Gasteiger charge is -2.20. The smallest absolute Gasteiger partial charge is 0.269 e. The van der Waals surface area contributed by atoms with E-state index in [1.807, 2.05) is 36.4 Å². The molecule has 5 nitrogen and oxygen atoms in total. The molecule has 5 heteroatoms. The van der Waals surface area contributed by atoms with E-state index in [-0.39, 0.29) is 16.7 Å². The molecule has 1 aliphatic heterocycles. The van der Waals surface area contributed by atoms with Crippen molar-refractivity contribution in [1.29, 1.82) is 0 Å². The molecule has 1 atom stereocenters. The summed E-state index contributed by atoms with van der Waals surface area (Å²) in [5, 5.41) is 10.7. The van der Waals surface area contributed by atoms with Gasteiger partial charge < -0.3 is 4.74 Å². The molecule has 0 aromatic heterocycles. The van der Waals surface area contributed by atoms with Gasteiger partial charge in [-0.05, 0) is 49.2 Å². The minimum atomic E-state index is -0.372. The predicted molar refractivity (Wildman–Crippen MR) is 96.4 cm³/mol. The van der Waals surface area contributed by atoms with Crippen LogP contribution in [0.1, 0.15) is 24.0 Å². The van der Waals surface area contributed by atoms with Gasteiger partial charge in [-0.2, -0.15) is 0 Å². The van der Waals surface area contributed by atoms with Crippen LogP contribution in [0, 0.1) is 22.0 Å². The van der Waals surface area contributed by atoms with Crippen molar-refractivity contribution in [2.45, 2.75) is 25.4 Å². The molecule has 1 fully saturated rings. The molecule has 3 rings (SSSR count). The van der Waals surface area contributed by atoms with Crippen molar-refractivity contribution in [1.82, 2.24) is 4.90 Å². The predicted octanol–water partition coefficient (Wildman–Crippen LogP) is 3.62. The molecule has 128 valence electrons. The second-order valence-electron chi connectivity index (χ2n) is 6.05. The Kier molecular flexibility index (Phi) is 5.32. The van der Waals surface area contributed by atoms with Gasteiger partial charge in [0.25, 0.3) is 5.69 Å². The Morgan fingerprint density at radius 3 is 2.56 bits per heavy atom. The van der Waals surface area contributed by atoms with E-state index in [9.17, 15) is 10.1 Å². The molecule has 1 saturated heterocycles. The highest BCUT2D eigenvalue weighted by molar-refractivity contribution is 5.39. The quantitative estimate of drug-likeness (QED) is 0.486. The van der Waals surface area contributed by atoms with E-state index in [4.69, 9.17) is 4.74 Å². The number of nitro benzene ring substituents is 1. The molecule has 0 aliphatic carbocycles. The third-order valence-corrected chi connectivity index (χ3v) is 4.37. The standard InChI is InChI=1S/C20H20N2O3/c1-25-20-12-7-16(8-13-20)4-9-18-3-2-14-21(18)15-17-5-10-19(11-6-17)22(23)24/h5-8,10-13,18H,2-3,14-15H2,1H3. The molecule has 0 spiro atoms. The van der Waals surface area contributed by atoms with Gasteiger partial charge in [-0.15, -0.1) is 0 Å². The number of ether oxygens (including phenoxy) is 1. The molecule has 2 aromatic rings. The minimum absolute atomic E-state index is 0.126. The van der Waals surface area contributed by atoms with E-state index in [1.165, 1.54) is 0 Å². The summed E-state index contributed by atoms with van der Waals surface area (Å²) in [6.07, 6.45) is 2.17. The molecule has 2 aromatic carbocycles. The van der Waals surface area contributed by atoms with Crippen molar-refractivity contribution in [3.8, 4) is 17.6 Å². The fourth-order valence-electron chi connectivity index (χ4n) is 2.98. The number of nitrogens with zero attached hydrogens (tertiary/aromatic N) is 2. The lowest BCUT2D eigenvalue weighted by atomic mass is 10.1. The van der Waals surface area contributed by atoms with E-state index < -0.39 is 0 Å². The van der Waals surface area contributed by atoms with Crippen LogP contribution in [0.25, 0.3) is 0 Å². The number of non-ortho nitro benzene ring substituents is 1. The van der Waals surface area contributed by atoms with Crippen LogP contribution in [0.4, 0.5) is 5.69 Å². The van der Waals surface area contributed by atoms with Crippen molar-refractivity contribution in [2.24, 2.45) is 0 Å². The minimum Gasteiger partial charge on any atom is -0.497 e. The highest BCUT2D eigenvalue weighted by atomic mass is 16.6. The normalized spacial score (nSPS) is 16.9. The highest BCUT2D eigenvalue weighted by Gasteiger charge is 2.22. The van der Waals surface area contributed by atoms with Gasteiger partial charge in [0.15, 0.2) is 0 Å². The largest absolute Gasteiger partial charge is 0.497 e. The topological polar surface area (TPSA) is 55.6 Å². The van der Waals surface area contributed by atoms with Crippen LogP contribution in [0.2, 0.25) is 0 Å². The summed E-state index contributed by atoms with van der Waals surface area (Å²) >= 11 is 0. The SMILES string of the molecule is COc1ccc(C#CC2CCCN2Cc2ccc([N+](=O)[O-])cc2)cc1. The summed E-state index contributed by atoms with van der Waals surface area (Å²) in [7, 11) is 1.65. The lowest BCUT2D eigenvalue weighted by Crippen LogP contribution is -2.27. The molecule has 0 N–H and O–H groups in total. The molecule has 0 radical (unpaired) electrons. The van der Waals surface area contributed by atoms with Crippen molar-refractivity contribution >= 4 is 5.69 Å². The first-order chi connectivity index (χ1) is 12.2. The Labute approximate surface area is 147 Å². The summed E-state index contributed by atoms with van der Waals surface area (Å²) in [6, 6.07) is 14.7. The van der Waals surface area contributed by atoms with Crippen molar-refractivity contribution < 1.29 is 9.66 Å². The molecule has 0 saturated carbocycles. The average molecular weight is 336 g/mol. The second-order valence-corrected chi connectivity index (χ2v) is 6.05. The highest BCUT2D eigenvalue weighted by Crippen LogP contribution is 2.21. The monoisotopic (exact) mass is 336 g/mol. The van der Waals surface area contributed by atoms with Crippen molar-refractivity contribution in [3.63, 3.8) is 0 Å². The molecular weight excluding hydrogens is 316 g/mol. The van der Waals surface area contributed by atoms with Gasteiger partial charge in [0, 0.05) is 24.2 Å². The van der Waals surface area contributed by atoms with Crippen LogP contribution in [0.15, 0.2) is 48.5 Å². The molecule has 0 amide bonds. The molecule has 1 aliphatic rings. The van der Waals surface area contributed by atoms with Crippen LogP contribution in [-0.4, -0.2) is 29.5 Å². The first-order valence-corrected chi connectivity index (χ1v) is 8.28. The van der Waals surface area contributed by atoms with E-state index >= 15 is 0 Å². The summed E-state index contributed by atoms with van der Waals surface area (Å²) in [4.78, 5) is 12.7. The van der Waals surface area contributed by atoms with Crippen LogP contribution >= 0.6 is 0 Å². The molecule has 1 heterocycles. The maximum absolute atomic E-state index is 10.7. The summed E-state index contributed by atoms with van der Waals surface area (Å²) in [5.41, 5.74) is 2.17. The fourth-order valence-corrected chi connectivity index (χ4v) is 2.98. The van der Waals surface area contributed by atoms with Crippen molar-refractivity contribution in [2.75, 3.05) is 13.7 Å². The molecule has 1 unspecified atom stereocenters. The van der Waals surface area contributed by atoms with E-state index in [1.54, 1.807) is 19.2 Å². The van der Waals surface area contributed by atoms with Crippen LogP contribution in [0.5, 0.6) is 5.75 Å². The zero-order valence-electron chi connectivity index (χ0n) is 14.1. The van der Waals surface area contributed by atoms with E-state index in [2.05, 4.69) is 16.7 Å². The van der Waals surface area contributed by atoms with E-state index in [0.717, 1.165) is 42.8 Å². The maximum Gasteiger partial charge on any atom is 0.269 e. The molecular formula is C20H20N2O3.